The number of nitrogens with one attached hydrogen (secondary N) is 2. The van der Waals surface area contributed by atoms with Crippen LogP contribution >= 0.6 is 0 Å². The van der Waals surface area contributed by atoms with Crippen LogP contribution in [0.4, 0.5) is 0 Å². The average molecular weight is 543 g/mol. The van der Waals surface area contributed by atoms with Crippen LogP contribution in [0.15, 0.2) is 142 Å². The number of fused-ring (bicyclic) bond motifs is 7. The number of hydrogen-bond donors (Lipinski definition) is 2. The van der Waals surface area contributed by atoms with Gasteiger partial charge in [-0.1, -0.05) is 117 Å². The van der Waals surface area contributed by atoms with Crippen molar-refractivity contribution in [1.29, 1.82) is 0 Å². The number of benzene rings is 5. The van der Waals surface area contributed by atoms with Crippen molar-refractivity contribution in [1.82, 2.24) is 10.6 Å². The van der Waals surface area contributed by atoms with Crippen molar-refractivity contribution < 1.29 is 4.42 Å². The molecule has 202 valence electrons. The molecule has 0 fully saturated rings. The third-order valence-corrected chi connectivity index (χ3v) is 9.54. The summed E-state index contributed by atoms with van der Waals surface area (Å²) in [6.45, 7) is 5.51. The topological polar surface area (TPSA) is 37.2 Å². The summed E-state index contributed by atoms with van der Waals surface area (Å²) in [6, 6.07) is 32.9. The third kappa shape index (κ3) is 3.16. The standard InChI is InChI=1S/C39H30N2O/c1-39(2)32-15-9-21-40-36(32)37-33(39)19-20-34(41-37)27-18-17-26(23-10-3-4-11-24(23)27)30-22-31-28-13-7-8-16-35(28)42-38(31)29-14-6-5-12-25(29)30/h3-20,22,34,40-41H,21H2,1-2H3. The van der Waals surface area contributed by atoms with Crippen LogP contribution in [0.2, 0.25) is 0 Å². The molecule has 3 nitrogen and oxygen atoms in total. The molecule has 1 atom stereocenters. The summed E-state index contributed by atoms with van der Waals surface area (Å²) in [7, 11) is 0. The Bertz CT molecular complexity index is 2260. The van der Waals surface area contributed by atoms with Crippen molar-refractivity contribution in [3.63, 3.8) is 0 Å². The molecule has 9 rings (SSSR count). The SMILES string of the molecule is CC1(C)C2=C(NCC=C2)C2=C1C=CC(c1ccc(-c3cc4c5ccccc5oc4c4ccccc34)c3ccccc13)N2. The first-order chi connectivity index (χ1) is 20.6. The Hall–Kier alpha value is -5.02. The highest BCUT2D eigenvalue weighted by Crippen LogP contribution is 2.50. The van der Waals surface area contributed by atoms with Crippen molar-refractivity contribution in [2.24, 2.45) is 5.41 Å². The van der Waals surface area contributed by atoms with Gasteiger partial charge in [0.05, 0.1) is 17.4 Å². The molecule has 0 saturated heterocycles. The predicted molar refractivity (Wildman–Crippen MR) is 174 cm³/mol. The average Bonchev–Trinajstić information content (AvgIpc) is 3.52. The first-order valence-corrected chi connectivity index (χ1v) is 14.8. The summed E-state index contributed by atoms with van der Waals surface area (Å²) in [5.41, 5.74) is 10.8. The maximum atomic E-state index is 6.40. The highest BCUT2D eigenvalue weighted by atomic mass is 16.3. The summed E-state index contributed by atoms with van der Waals surface area (Å²) in [5.74, 6) is 0. The monoisotopic (exact) mass is 542 g/mol. The fourth-order valence-corrected chi connectivity index (χ4v) is 7.47. The molecule has 42 heavy (non-hydrogen) atoms. The Morgan fingerprint density at radius 2 is 1.36 bits per heavy atom. The minimum atomic E-state index is -0.0219. The first-order valence-electron chi connectivity index (χ1n) is 14.8. The summed E-state index contributed by atoms with van der Waals surface area (Å²) in [6.07, 6.45) is 9.20. The van der Waals surface area contributed by atoms with Gasteiger partial charge in [0.25, 0.3) is 0 Å². The fourth-order valence-electron chi connectivity index (χ4n) is 7.47. The smallest absolute Gasteiger partial charge is 0.143 e. The van der Waals surface area contributed by atoms with Gasteiger partial charge < -0.3 is 15.1 Å². The Balaban J connectivity index is 1.23. The Morgan fingerprint density at radius 3 is 2.19 bits per heavy atom. The molecule has 2 aliphatic heterocycles. The molecule has 0 bridgehead atoms. The van der Waals surface area contributed by atoms with Gasteiger partial charge in [0.1, 0.15) is 11.2 Å². The van der Waals surface area contributed by atoms with Crippen molar-refractivity contribution in [3.8, 4) is 11.1 Å². The summed E-state index contributed by atoms with van der Waals surface area (Å²) in [5, 5.41) is 14.8. The molecule has 5 aromatic carbocycles. The van der Waals surface area contributed by atoms with Crippen molar-refractivity contribution >= 4 is 43.5 Å². The third-order valence-electron chi connectivity index (χ3n) is 9.54. The van der Waals surface area contributed by atoms with Gasteiger partial charge in [0.15, 0.2) is 0 Å². The maximum Gasteiger partial charge on any atom is 0.143 e. The molecule has 0 radical (unpaired) electrons. The van der Waals surface area contributed by atoms with Gasteiger partial charge in [-0.2, -0.15) is 0 Å². The Morgan fingerprint density at radius 1 is 0.667 bits per heavy atom. The lowest BCUT2D eigenvalue weighted by atomic mass is 9.79. The summed E-state index contributed by atoms with van der Waals surface area (Å²) < 4.78 is 6.40. The van der Waals surface area contributed by atoms with Crippen LogP contribution in [0.25, 0.3) is 54.6 Å². The summed E-state index contributed by atoms with van der Waals surface area (Å²) in [4.78, 5) is 0. The van der Waals surface area contributed by atoms with E-state index in [1.807, 2.05) is 6.07 Å². The molecule has 1 aromatic heterocycles. The molecule has 2 N–H and O–H groups in total. The van der Waals surface area contributed by atoms with Gasteiger partial charge in [-0.05, 0) is 56.1 Å². The van der Waals surface area contributed by atoms with Crippen LogP contribution in [0.5, 0.6) is 0 Å². The highest BCUT2D eigenvalue weighted by Gasteiger charge is 2.40. The summed E-state index contributed by atoms with van der Waals surface area (Å²) >= 11 is 0. The second-order valence-electron chi connectivity index (χ2n) is 12.2. The maximum absolute atomic E-state index is 6.40. The van der Waals surface area contributed by atoms with Gasteiger partial charge >= 0.3 is 0 Å². The molecule has 0 amide bonds. The zero-order chi connectivity index (χ0) is 28.0. The molecule has 3 heterocycles. The van der Waals surface area contributed by atoms with Gasteiger partial charge in [-0.25, -0.2) is 0 Å². The van der Waals surface area contributed by atoms with Crippen LogP contribution in [-0.2, 0) is 0 Å². The Labute approximate surface area is 244 Å². The minimum absolute atomic E-state index is 0.0219. The van der Waals surface area contributed by atoms with Crippen LogP contribution < -0.4 is 10.6 Å². The second kappa shape index (κ2) is 8.50. The molecule has 0 spiro atoms. The number of rotatable bonds is 2. The molecule has 1 unspecified atom stereocenters. The number of dihydropyridines is 2. The molecule has 1 aliphatic carbocycles. The molecular formula is C39H30N2O. The van der Waals surface area contributed by atoms with Crippen LogP contribution in [0.3, 0.4) is 0 Å². The number of para-hydroxylation sites is 1. The van der Waals surface area contributed by atoms with Crippen molar-refractivity contribution in [2.45, 2.75) is 19.9 Å². The van der Waals surface area contributed by atoms with E-state index in [1.54, 1.807) is 0 Å². The zero-order valence-corrected chi connectivity index (χ0v) is 23.7. The number of furan rings is 1. The van der Waals surface area contributed by atoms with Crippen molar-refractivity contribution in [2.75, 3.05) is 6.54 Å². The molecular weight excluding hydrogens is 512 g/mol. The molecule has 3 aliphatic rings. The van der Waals surface area contributed by atoms with E-state index in [-0.39, 0.29) is 11.5 Å². The quantitative estimate of drug-likeness (QED) is 0.229. The number of allylic oxidation sites excluding steroid dienone is 4. The van der Waals surface area contributed by atoms with E-state index in [4.69, 9.17) is 4.42 Å². The van der Waals surface area contributed by atoms with Crippen LogP contribution in [-0.4, -0.2) is 6.54 Å². The van der Waals surface area contributed by atoms with E-state index in [0.29, 0.717) is 0 Å². The van der Waals surface area contributed by atoms with Crippen molar-refractivity contribution in [3.05, 3.63) is 143 Å². The van der Waals surface area contributed by atoms with Gasteiger partial charge in [0.2, 0.25) is 0 Å². The van der Waals surface area contributed by atoms with E-state index in [0.717, 1.165) is 33.9 Å². The molecule has 0 saturated carbocycles. The van der Waals surface area contributed by atoms with E-state index in [2.05, 4.69) is 134 Å². The zero-order valence-electron chi connectivity index (χ0n) is 23.7. The molecule has 3 heteroatoms. The lowest BCUT2D eigenvalue weighted by molar-refractivity contribution is 0.562. The normalized spacial score (nSPS) is 19.0. The van der Waals surface area contributed by atoms with Crippen LogP contribution in [0.1, 0.15) is 25.5 Å². The van der Waals surface area contributed by atoms with E-state index in [9.17, 15) is 0 Å². The lowest BCUT2D eigenvalue weighted by Crippen LogP contribution is -2.28. The van der Waals surface area contributed by atoms with Gasteiger partial charge in [0, 0.05) is 28.1 Å². The largest absolute Gasteiger partial charge is 0.455 e. The first kappa shape index (κ1) is 23.7. The Kier molecular flexibility index (Phi) is 4.79. The van der Waals surface area contributed by atoms with Gasteiger partial charge in [-0.3, -0.25) is 0 Å². The lowest BCUT2D eigenvalue weighted by Gasteiger charge is -2.28. The van der Waals surface area contributed by atoms with Gasteiger partial charge in [-0.15, -0.1) is 0 Å². The number of hydrogen-bond acceptors (Lipinski definition) is 3. The van der Waals surface area contributed by atoms with E-state index >= 15 is 0 Å². The highest BCUT2D eigenvalue weighted by molar-refractivity contribution is 6.20. The fraction of sp³-hybridized carbons (Fsp3) is 0.128. The minimum Gasteiger partial charge on any atom is -0.455 e. The van der Waals surface area contributed by atoms with E-state index in [1.165, 1.54) is 55.4 Å². The second-order valence-corrected chi connectivity index (χ2v) is 12.2. The van der Waals surface area contributed by atoms with E-state index < -0.39 is 0 Å². The molecule has 6 aromatic rings. The predicted octanol–water partition coefficient (Wildman–Crippen LogP) is 9.47. The van der Waals surface area contributed by atoms with Crippen LogP contribution in [0, 0.1) is 5.41 Å².